The van der Waals surface area contributed by atoms with Crippen LogP contribution in [0.5, 0.6) is 5.75 Å². The van der Waals surface area contributed by atoms with Gasteiger partial charge in [0.2, 0.25) is 17.7 Å². The molecule has 8 N–H and O–H groups in total. The number of nitrogens with one attached hydrogen (secondary N) is 4. The van der Waals surface area contributed by atoms with E-state index in [1.807, 2.05) is 50.2 Å². The number of para-hydroxylation sites is 1. The van der Waals surface area contributed by atoms with Crippen molar-refractivity contribution in [2.24, 2.45) is 22.4 Å². The molecule has 3 rings (SSSR count). The number of benzene rings is 2. The Balaban J connectivity index is 1.88. The fraction of sp³-hybridized carbons (Fsp3) is 0.448. The summed E-state index contributed by atoms with van der Waals surface area (Å²) >= 11 is 6.18. The van der Waals surface area contributed by atoms with Gasteiger partial charge in [-0.3, -0.25) is 19.4 Å². The van der Waals surface area contributed by atoms with Gasteiger partial charge in [-0.15, -0.1) is 0 Å². The third-order valence-electron chi connectivity index (χ3n) is 6.63. The second-order valence-electron chi connectivity index (χ2n) is 10.2. The summed E-state index contributed by atoms with van der Waals surface area (Å²) in [5.41, 5.74) is 12.8. The molecule has 1 aliphatic rings. The van der Waals surface area contributed by atoms with E-state index >= 15 is 0 Å². The Morgan fingerprint density at radius 2 is 1.78 bits per heavy atom. The number of nitrogens with two attached hydrogens (primary N) is 2. The lowest BCUT2D eigenvalue weighted by Gasteiger charge is -2.27. The lowest BCUT2D eigenvalue weighted by molar-refractivity contribution is -0.133. The van der Waals surface area contributed by atoms with Crippen LogP contribution in [0.4, 0.5) is 0 Å². The molecule has 3 amide bonds. The summed E-state index contributed by atoms with van der Waals surface area (Å²) in [6.07, 6.45) is 1.66. The Bertz CT molecular complexity index is 1220. The van der Waals surface area contributed by atoms with Crippen molar-refractivity contribution in [2.45, 2.75) is 51.2 Å². The second kappa shape index (κ2) is 15.8. The second-order valence-corrected chi connectivity index (χ2v) is 10.7. The van der Waals surface area contributed by atoms with Crippen molar-refractivity contribution in [3.05, 3.63) is 64.7 Å². The van der Waals surface area contributed by atoms with Crippen LogP contribution in [0.3, 0.4) is 0 Å². The van der Waals surface area contributed by atoms with E-state index in [1.165, 1.54) is 0 Å². The van der Waals surface area contributed by atoms with Gasteiger partial charge >= 0.3 is 0 Å². The van der Waals surface area contributed by atoms with Crippen LogP contribution in [0, 0.1) is 5.92 Å². The minimum atomic E-state index is -1.03. The topological polar surface area (TPSA) is 173 Å². The summed E-state index contributed by atoms with van der Waals surface area (Å²) in [6, 6.07) is 12.4. The number of hydrogen-bond donors (Lipinski definition) is 6. The Morgan fingerprint density at radius 1 is 1.00 bits per heavy atom. The first kappa shape index (κ1) is 31.7. The van der Waals surface area contributed by atoms with Gasteiger partial charge in [-0.25, -0.2) is 0 Å². The third kappa shape index (κ3) is 10.3. The molecule has 0 aliphatic carbocycles. The molecule has 0 radical (unpaired) electrons. The molecule has 0 unspecified atom stereocenters. The SMILES string of the molecule is CC(C)[C@H]1NC(=O)[C@@H](Cc2cccc(Cl)c2)NCCOc2ccccc2CCCNC(=O)[C@H](CN=C(N)N)NC1=O. The van der Waals surface area contributed by atoms with Crippen LogP contribution in [-0.2, 0) is 27.2 Å². The van der Waals surface area contributed by atoms with Crippen molar-refractivity contribution in [1.29, 1.82) is 0 Å². The first-order chi connectivity index (χ1) is 19.6. The van der Waals surface area contributed by atoms with Crippen LogP contribution >= 0.6 is 11.6 Å². The number of carbonyl (C=O) groups is 3. The molecule has 2 aromatic rings. The normalized spacial score (nSPS) is 21.3. The summed E-state index contributed by atoms with van der Waals surface area (Å²) in [7, 11) is 0. The summed E-state index contributed by atoms with van der Waals surface area (Å²) in [4.78, 5) is 43.9. The summed E-state index contributed by atoms with van der Waals surface area (Å²) < 4.78 is 6.05. The predicted molar refractivity (Wildman–Crippen MR) is 160 cm³/mol. The molecule has 0 aromatic heterocycles. The van der Waals surface area contributed by atoms with E-state index in [4.69, 9.17) is 27.8 Å². The van der Waals surface area contributed by atoms with Gasteiger partial charge in [-0.05, 0) is 54.5 Å². The molecule has 2 aromatic carbocycles. The molecule has 41 heavy (non-hydrogen) atoms. The van der Waals surface area contributed by atoms with Crippen LogP contribution in [0.15, 0.2) is 53.5 Å². The van der Waals surface area contributed by atoms with Crippen LogP contribution in [0.25, 0.3) is 0 Å². The zero-order chi connectivity index (χ0) is 29.8. The third-order valence-corrected chi connectivity index (χ3v) is 6.86. The smallest absolute Gasteiger partial charge is 0.244 e. The van der Waals surface area contributed by atoms with Gasteiger partial charge in [0.1, 0.15) is 24.4 Å². The molecule has 0 saturated heterocycles. The van der Waals surface area contributed by atoms with Crippen molar-refractivity contribution in [2.75, 3.05) is 26.2 Å². The van der Waals surface area contributed by atoms with Gasteiger partial charge in [-0.2, -0.15) is 0 Å². The van der Waals surface area contributed by atoms with Gasteiger partial charge < -0.3 is 37.5 Å². The highest BCUT2D eigenvalue weighted by Gasteiger charge is 2.31. The monoisotopic (exact) mass is 585 g/mol. The van der Waals surface area contributed by atoms with Gasteiger partial charge in [-0.1, -0.05) is 55.8 Å². The maximum absolute atomic E-state index is 13.6. The van der Waals surface area contributed by atoms with Crippen LogP contribution in [0.1, 0.15) is 31.4 Å². The van der Waals surface area contributed by atoms with Crippen LogP contribution in [0.2, 0.25) is 5.02 Å². The van der Waals surface area contributed by atoms with Gasteiger partial charge in [0.25, 0.3) is 0 Å². The summed E-state index contributed by atoms with van der Waals surface area (Å²) in [5.74, 6) is -1.04. The van der Waals surface area contributed by atoms with Gasteiger partial charge in [0, 0.05) is 18.1 Å². The van der Waals surface area contributed by atoms with E-state index < -0.39 is 29.9 Å². The molecule has 1 aliphatic heterocycles. The van der Waals surface area contributed by atoms with Crippen molar-refractivity contribution < 1.29 is 19.1 Å². The molecule has 1 heterocycles. The molecule has 0 bridgehead atoms. The summed E-state index contributed by atoms with van der Waals surface area (Å²) in [5, 5.41) is 12.3. The Kier molecular flexibility index (Phi) is 12.2. The Hall–Kier alpha value is -3.83. The van der Waals surface area contributed by atoms with E-state index in [0.717, 1.165) is 16.9 Å². The minimum Gasteiger partial charge on any atom is -0.492 e. The number of nitrogens with zero attached hydrogens (tertiary/aromatic N) is 1. The first-order valence-electron chi connectivity index (χ1n) is 13.8. The van der Waals surface area contributed by atoms with E-state index in [2.05, 4.69) is 26.3 Å². The molecule has 12 heteroatoms. The number of aliphatic imine (C=N–C) groups is 1. The number of hydrogen-bond acceptors (Lipinski definition) is 6. The highest BCUT2D eigenvalue weighted by molar-refractivity contribution is 6.30. The number of halogens is 1. The molecular formula is C29H40ClN7O4. The first-order valence-corrected chi connectivity index (χ1v) is 14.1. The van der Waals surface area contributed by atoms with E-state index in [1.54, 1.807) is 12.1 Å². The highest BCUT2D eigenvalue weighted by atomic mass is 35.5. The van der Waals surface area contributed by atoms with Crippen molar-refractivity contribution >= 4 is 35.3 Å². The number of amides is 3. The Morgan fingerprint density at radius 3 is 2.51 bits per heavy atom. The quantitative estimate of drug-likeness (QED) is 0.223. The van der Waals surface area contributed by atoms with E-state index in [9.17, 15) is 14.4 Å². The average molecular weight is 586 g/mol. The van der Waals surface area contributed by atoms with Crippen molar-refractivity contribution in [3.63, 3.8) is 0 Å². The zero-order valence-corrected chi connectivity index (χ0v) is 24.2. The molecule has 3 atom stereocenters. The maximum Gasteiger partial charge on any atom is 0.244 e. The van der Waals surface area contributed by atoms with E-state index in [0.29, 0.717) is 44.0 Å². The van der Waals surface area contributed by atoms with Crippen LogP contribution < -0.4 is 37.5 Å². The molecular weight excluding hydrogens is 546 g/mol. The highest BCUT2D eigenvalue weighted by Crippen LogP contribution is 2.19. The lowest BCUT2D eigenvalue weighted by Crippen LogP contribution is -2.59. The number of carbonyl (C=O) groups excluding carboxylic acids is 3. The predicted octanol–water partition coefficient (Wildman–Crippen LogP) is 0.881. The Labute approximate surface area is 245 Å². The number of aryl methyl sites for hydroxylation is 1. The fourth-order valence-electron chi connectivity index (χ4n) is 4.46. The standard InChI is InChI=1S/C29H40ClN7O4/c1-18(2)25-28(40)36-23(17-35-29(31)32)26(38)34-12-6-9-20-8-3-4-11-24(20)41-14-13-33-22(27(39)37-25)16-19-7-5-10-21(30)15-19/h3-5,7-8,10-11,15,18,22-23,25,33H,6,9,12-14,16-17H2,1-2H3,(H,34,38)(H,36,40)(H,37,39)(H4,31,32,35)/t22-,23+,25-/m1/s1. The molecule has 0 spiro atoms. The number of fused-ring (bicyclic) bond motifs is 1. The van der Waals surface area contributed by atoms with Crippen molar-refractivity contribution in [1.82, 2.24) is 21.3 Å². The number of guanidine groups is 1. The van der Waals surface area contributed by atoms with Gasteiger partial charge in [0.15, 0.2) is 5.96 Å². The molecule has 222 valence electrons. The zero-order valence-electron chi connectivity index (χ0n) is 23.5. The summed E-state index contributed by atoms with van der Waals surface area (Å²) in [6.45, 7) is 4.57. The maximum atomic E-state index is 13.6. The molecule has 0 fully saturated rings. The van der Waals surface area contributed by atoms with Crippen molar-refractivity contribution in [3.8, 4) is 5.75 Å². The number of rotatable bonds is 5. The minimum absolute atomic E-state index is 0.145. The largest absolute Gasteiger partial charge is 0.492 e. The molecule has 11 nitrogen and oxygen atoms in total. The molecule has 0 saturated carbocycles. The lowest BCUT2D eigenvalue weighted by atomic mass is 10.0. The number of ether oxygens (including phenoxy) is 1. The fourth-order valence-corrected chi connectivity index (χ4v) is 4.67. The average Bonchev–Trinajstić information content (AvgIpc) is 2.93. The van der Waals surface area contributed by atoms with Crippen LogP contribution in [-0.4, -0.2) is 68.0 Å². The van der Waals surface area contributed by atoms with E-state index in [-0.39, 0.29) is 24.3 Å². The van der Waals surface area contributed by atoms with Gasteiger partial charge in [0.05, 0.1) is 12.6 Å².